The van der Waals surface area contributed by atoms with Gasteiger partial charge in [-0.3, -0.25) is 4.79 Å². The van der Waals surface area contributed by atoms with Gasteiger partial charge in [-0.25, -0.2) is 0 Å². The van der Waals surface area contributed by atoms with Crippen molar-refractivity contribution in [3.05, 3.63) is 0 Å². The molecule has 0 aliphatic heterocycles. The van der Waals surface area contributed by atoms with Crippen molar-refractivity contribution in [1.29, 1.82) is 0 Å². The average molecular weight is 258 g/mol. The van der Waals surface area contributed by atoms with Crippen LogP contribution in [0.1, 0.15) is 39.0 Å². The fourth-order valence-corrected chi connectivity index (χ4v) is 2.23. The van der Waals surface area contributed by atoms with E-state index in [-0.39, 0.29) is 6.42 Å². The number of unbranched alkanes of at least 4 members (excludes halogenated alkanes) is 2. The number of hydrogen-bond acceptors (Lipinski definition) is 2. The Kier molecular flexibility index (Phi) is 7.62. The van der Waals surface area contributed by atoms with Gasteiger partial charge in [-0.2, -0.15) is 13.2 Å². The first kappa shape index (κ1) is 15.6. The van der Waals surface area contributed by atoms with E-state index in [1.54, 1.807) is 6.92 Å². The molecular formula is C10H17F3O2S. The van der Waals surface area contributed by atoms with Crippen molar-refractivity contribution >= 4 is 17.7 Å². The van der Waals surface area contributed by atoms with Gasteiger partial charge in [0.15, 0.2) is 0 Å². The van der Waals surface area contributed by atoms with Gasteiger partial charge in [-0.1, -0.05) is 13.3 Å². The first-order chi connectivity index (χ1) is 7.37. The molecule has 0 aliphatic carbocycles. The van der Waals surface area contributed by atoms with Gasteiger partial charge < -0.3 is 5.11 Å². The lowest BCUT2D eigenvalue weighted by Gasteiger charge is -2.09. The van der Waals surface area contributed by atoms with Crippen molar-refractivity contribution in [2.75, 3.05) is 5.75 Å². The smallest absolute Gasteiger partial charge is 0.389 e. The number of carboxylic acids is 1. The van der Waals surface area contributed by atoms with Crippen LogP contribution in [-0.4, -0.2) is 28.3 Å². The van der Waals surface area contributed by atoms with Gasteiger partial charge in [-0.05, 0) is 25.0 Å². The lowest BCUT2D eigenvalue weighted by atomic mass is 10.2. The van der Waals surface area contributed by atoms with Crippen molar-refractivity contribution in [2.45, 2.75) is 50.5 Å². The molecule has 0 aromatic heterocycles. The van der Waals surface area contributed by atoms with Crippen molar-refractivity contribution in [3.63, 3.8) is 0 Å². The maximum atomic E-state index is 11.8. The Balaban J connectivity index is 3.43. The van der Waals surface area contributed by atoms with Crippen LogP contribution < -0.4 is 0 Å². The predicted molar refractivity (Wildman–Crippen MR) is 58.7 cm³/mol. The van der Waals surface area contributed by atoms with Gasteiger partial charge in [0.2, 0.25) is 0 Å². The van der Waals surface area contributed by atoms with E-state index in [0.29, 0.717) is 25.0 Å². The van der Waals surface area contributed by atoms with E-state index in [1.165, 1.54) is 11.8 Å². The summed E-state index contributed by atoms with van der Waals surface area (Å²) in [4.78, 5) is 10.6. The van der Waals surface area contributed by atoms with E-state index in [9.17, 15) is 18.0 Å². The summed E-state index contributed by atoms with van der Waals surface area (Å²) < 4.78 is 35.3. The summed E-state index contributed by atoms with van der Waals surface area (Å²) in [6, 6.07) is 0. The Morgan fingerprint density at radius 2 is 1.94 bits per heavy atom. The van der Waals surface area contributed by atoms with Crippen LogP contribution in [0.4, 0.5) is 13.2 Å². The minimum absolute atomic E-state index is 0.133. The third-order valence-electron chi connectivity index (χ3n) is 2.07. The van der Waals surface area contributed by atoms with Crippen molar-refractivity contribution in [3.8, 4) is 0 Å². The highest BCUT2D eigenvalue weighted by Crippen LogP contribution is 2.23. The van der Waals surface area contributed by atoms with E-state index in [0.717, 1.165) is 0 Å². The highest BCUT2D eigenvalue weighted by Gasteiger charge is 2.25. The number of carbonyl (C=O) groups is 1. The zero-order chi connectivity index (χ0) is 12.6. The fraction of sp³-hybridized carbons (Fsp3) is 0.900. The Morgan fingerprint density at radius 3 is 2.38 bits per heavy atom. The van der Waals surface area contributed by atoms with Crippen molar-refractivity contribution < 1.29 is 23.1 Å². The molecule has 0 saturated heterocycles. The number of hydrogen-bond donors (Lipinski definition) is 1. The molecule has 1 unspecified atom stereocenters. The van der Waals surface area contributed by atoms with Gasteiger partial charge in [0.05, 0.1) is 0 Å². The summed E-state index contributed by atoms with van der Waals surface area (Å²) in [5.74, 6) is -0.231. The second-order valence-corrected chi connectivity index (χ2v) is 4.84. The van der Waals surface area contributed by atoms with E-state index in [2.05, 4.69) is 0 Å². The van der Waals surface area contributed by atoms with Gasteiger partial charge in [0.25, 0.3) is 0 Å². The second-order valence-electron chi connectivity index (χ2n) is 3.53. The number of carboxylic acid groups (broad SMARTS) is 1. The van der Waals surface area contributed by atoms with Gasteiger partial charge >= 0.3 is 12.1 Å². The minimum atomic E-state index is -4.07. The normalized spacial score (nSPS) is 13.8. The Bertz CT molecular complexity index is 207. The summed E-state index contributed by atoms with van der Waals surface area (Å²) in [7, 11) is 0. The van der Waals surface area contributed by atoms with E-state index in [1.807, 2.05) is 0 Å². The summed E-state index contributed by atoms with van der Waals surface area (Å²) >= 11 is 1.31. The largest absolute Gasteiger partial charge is 0.480 e. The van der Waals surface area contributed by atoms with Crippen molar-refractivity contribution in [2.24, 2.45) is 0 Å². The monoisotopic (exact) mass is 258 g/mol. The lowest BCUT2D eigenvalue weighted by Crippen LogP contribution is -2.15. The SMILES string of the molecule is CCC(SCCCCCC(F)(F)F)C(=O)O. The molecule has 0 fully saturated rings. The third kappa shape index (κ3) is 8.88. The Labute approximate surface area is 97.6 Å². The molecule has 16 heavy (non-hydrogen) atoms. The minimum Gasteiger partial charge on any atom is -0.480 e. The number of halogens is 3. The molecule has 6 heteroatoms. The van der Waals surface area contributed by atoms with Crippen LogP contribution in [0.2, 0.25) is 0 Å². The molecule has 2 nitrogen and oxygen atoms in total. The molecule has 0 amide bonds. The van der Waals surface area contributed by atoms with Gasteiger partial charge in [0.1, 0.15) is 5.25 Å². The predicted octanol–water partition coefficient (Wildman–Crippen LogP) is 3.71. The molecule has 0 aromatic carbocycles. The van der Waals surface area contributed by atoms with Crippen LogP contribution in [0.25, 0.3) is 0 Å². The molecule has 96 valence electrons. The van der Waals surface area contributed by atoms with E-state index >= 15 is 0 Å². The molecule has 0 saturated carbocycles. The number of aliphatic carboxylic acids is 1. The van der Waals surface area contributed by atoms with Crippen molar-refractivity contribution in [1.82, 2.24) is 0 Å². The highest BCUT2D eigenvalue weighted by molar-refractivity contribution is 8.00. The summed E-state index contributed by atoms with van der Waals surface area (Å²) in [5.41, 5.74) is 0. The summed E-state index contributed by atoms with van der Waals surface area (Å²) in [5, 5.41) is 8.28. The van der Waals surface area contributed by atoms with E-state index in [4.69, 9.17) is 5.11 Å². The zero-order valence-corrected chi connectivity index (χ0v) is 10.0. The van der Waals surface area contributed by atoms with Crippen LogP contribution in [0.5, 0.6) is 0 Å². The molecule has 0 heterocycles. The van der Waals surface area contributed by atoms with E-state index < -0.39 is 23.8 Å². The standard InChI is InChI=1S/C10H17F3O2S/c1-2-8(9(14)15)16-7-5-3-4-6-10(11,12)13/h8H,2-7H2,1H3,(H,14,15). The highest BCUT2D eigenvalue weighted by atomic mass is 32.2. The molecule has 1 atom stereocenters. The van der Waals surface area contributed by atoms with Gasteiger partial charge in [-0.15, -0.1) is 11.8 Å². The van der Waals surface area contributed by atoms with Crippen LogP contribution in [-0.2, 0) is 4.79 Å². The maximum absolute atomic E-state index is 11.8. The first-order valence-corrected chi connectivity index (χ1v) is 6.33. The molecule has 0 radical (unpaired) electrons. The molecule has 1 N–H and O–H groups in total. The maximum Gasteiger partial charge on any atom is 0.389 e. The van der Waals surface area contributed by atoms with Crippen LogP contribution in [0, 0.1) is 0 Å². The first-order valence-electron chi connectivity index (χ1n) is 5.28. The Hall–Kier alpha value is -0.390. The third-order valence-corrected chi connectivity index (χ3v) is 3.53. The van der Waals surface area contributed by atoms with Crippen LogP contribution >= 0.6 is 11.8 Å². The zero-order valence-electron chi connectivity index (χ0n) is 9.22. The molecule has 0 bridgehead atoms. The van der Waals surface area contributed by atoms with Gasteiger partial charge in [0, 0.05) is 6.42 Å². The van der Waals surface area contributed by atoms with Crippen LogP contribution in [0.3, 0.4) is 0 Å². The number of thioether (sulfide) groups is 1. The Morgan fingerprint density at radius 1 is 1.31 bits per heavy atom. The molecule has 0 rings (SSSR count). The second kappa shape index (κ2) is 7.81. The number of rotatable bonds is 8. The number of alkyl halides is 3. The summed E-state index contributed by atoms with van der Waals surface area (Å²) in [6.07, 6.45) is -2.99. The molecule has 0 aromatic rings. The molecule has 0 aliphatic rings. The lowest BCUT2D eigenvalue weighted by molar-refractivity contribution is -0.137. The quantitative estimate of drug-likeness (QED) is 0.674. The topological polar surface area (TPSA) is 37.3 Å². The molecule has 0 spiro atoms. The average Bonchev–Trinajstić information content (AvgIpc) is 2.14. The fourth-order valence-electron chi connectivity index (χ4n) is 1.19. The van der Waals surface area contributed by atoms with Crippen LogP contribution in [0.15, 0.2) is 0 Å². The molecular weight excluding hydrogens is 241 g/mol. The summed E-state index contributed by atoms with van der Waals surface area (Å²) in [6.45, 7) is 1.79.